The molecule has 10 atom stereocenters. The number of aliphatic hydroxyl groups is 2. The number of cyclic esters (lactones) is 1. The monoisotopic (exact) mass is 432 g/mol. The highest BCUT2D eigenvalue weighted by Gasteiger charge is 2.62. The van der Waals surface area contributed by atoms with Gasteiger partial charge in [0.1, 0.15) is 11.7 Å². The maximum absolute atomic E-state index is 12.4. The van der Waals surface area contributed by atoms with Gasteiger partial charge in [-0.05, 0) is 80.1 Å². The molecule has 1 heterocycles. The first-order valence-electron chi connectivity index (χ1n) is 11.9. The number of methoxy groups -OCH3 is 1. The Balaban J connectivity index is 1.78. The van der Waals surface area contributed by atoms with E-state index in [1.165, 1.54) is 5.57 Å². The lowest BCUT2D eigenvalue weighted by Gasteiger charge is -2.54. The third-order valence-corrected chi connectivity index (χ3v) is 9.52. The highest BCUT2D eigenvalue weighted by molar-refractivity contribution is 5.78. The van der Waals surface area contributed by atoms with Crippen LogP contribution in [-0.4, -0.2) is 47.2 Å². The third kappa shape index (κ3) is 3.26. The number of carbonyl (C=O) groups excluding carboxylic acids is 1. The third-order valence-electron chi connectivity index (χ3n) is 9.52. The van der Waals surface area contributed by atoms with Gasteiger partial charge in [0.25, 0.3) is 0 Å². The number of hydrogen-bond donors (Lipinski definition) is 2. The van der Waals surface area contributed by atoms with Crippen molar-refractivity contribution in [3.63, 3.8) is 0 Å². The van der Waals surface area contributed by atoms with E-state index in [-0.39, 0.29) is 23.4 Å². The maximum atomic E-state index is 12.4. The number of carbonyl (C=O) groups is 1. The van der Waals surface area contributed by atoms with Gasteiger partial charge in [-0.3, -0.25) is 0 Å². The molecule has 2 N–H and O–H groups in total. The zero-order valence-electron chi connectivity index (χ0n) is 19.9. The highest BCUT2D eigenvalue weighted by Crippen LogP contribution is 2.63. The van der Waals surface area contributed by atoms with Gasteiger partial charge in [-0.25, -0.2) is 4.79 Å². The standard InChI is InChI=1S/C26H40O5/c1-13(2)22-20-10-17-15(4)26(29)19(16(5)31-24(28)23(26)27)9-8-14(3)18(17)11-25(20,6)12-21(22)30-7/h8,13,16-23,27,29H,4,9-12H2,1-3,5-7H3/b14-8-. The first-order chi connectivity index (χ1) is 14.5. The molecular weight excluding hydrogens is 392 g/mol. The number of hydrogen-bond acceptors (Lipinski definition) is 5. The van der Waals surface area contributed by atoms with Crippen molar-refractivity contribution in [3.05, 3.63) is 23.8 Å². The summed E-state index contributed by atoms with van der Waals surface area (Å²) in [7, 11) is 1.83. The van der Waals surface area contributed by atoms with Crippen molar-refractivity contribution in [2.45, 2.75) is 84.2 Å². The largest absolute Gasteiger partial charge is 0.460 e. The average Bonchev–Trinajstić information content (AvgIpc) is 3.01. The lowest BCUT2D eigenvalue weighted by atomic mass is 9.53. The molecule has 0 radical (unpaired) electrons. The molecule has 0 bridgehead atoms. The summed E-state index contributed by atoms with van der Waals surface area (Å²) in [6, 6.07) is 0. The molecular formula is C26H40O5. The van der Waals surface area contributed by atoms with Crippen LogP contribution in [0.2, 0.25) is 0 Å². The van der Waals surface area contributed by atoms with Crippen LogP contribution in [0.15, 0.2) is 23.8 Å². The van der Waals surface area contributed by atoms with Gasteiger partial charge in [-0.15, -0.1) is 0 Å². The second-order valence-electron chi connectivity index (χ2n) is 11.4. The highest BCUT2D eigenvalue weighted by atomic mass is 16.6. The van der Waals surface area contributed by atoms with E-state index in [9.17, 15) is 15.0 Å². The van der Waals surface area contributed by atoms with E-state index in [2.05, 4.69) is 40.3 Å². The fourth-order valence-corrected chi connectivity index (χ4v) is 7.84. The maximum Gasteiger partial charge on any atom is 0.338 e. The van der Waals surface area contributed by atoms with Gasteiger partial charge in [-0.1, -0.05) is 39.0 Å². The molecule has 1 aliphatic heterocycles. The second kappa shape index (κ2) is 7.71. The van der Waals surface area contributed by atoms with Crippen LogP contribution in [0, 0.1) is 40.9 Å². The van der Waals surface area contributed by atoms with Crippen LogP contribution in [0.3, 0.4) is 0 Å². The van der Waals surface area contributed by atoms with Crippen LogP contribution >= 0.6 is 0 Å². The van der Waals surface area contributed by atoms with Crippen LogP contribution < -0.4 is 0 Å². The Morgan fingerprint density at radius 3 is 2.55 bits per heavy atom. The predicted molar refractivity (Wildman–Crippen MR) is 119 cm³/mol. The number of allylic oxidation sites excluding steroid dienone is 2. The van der Waals surface area contributed by atoms with Crippen molar-refractivity contribution in [1.29, 1.82) is 0 Å². The fraction of sp³-hybridized carbons (Fsp3) is 0.808. The summed E-state index contributed by atoms with van der Waals surface area (Å²) in [5, 5.41) is 22.7. The van der Waals surface area contributed by atoms with Crippen LogP contribution in [0.1, 0.15) is 60.3 Å². The van der Waals surface area contributed by atoms with E-state index in [4.69, 9.17) is 9.47 Å². The minimum atomic E-state index is -1.66. The summed E-state index contributed by atoms with van der Waals surface area (Å²) in [5.74, 6) is 0.533. The molecule has 31 heavy (non-hydrogen) atoms. The molecule has 1 saturated heterocycles. The Labute approximate surface area is 186 Å². The molecule has 2 saturated carbocycles. The zero-order valence-corrected chi connectivity index (χ0v) is 19.9. The van der Waals surface area contributed by atoms with Crippen molar-refractivity contribution < 1.29 is 24.5 Å². The molecule has 3 fully saturated rings. The summed E-state index contributed by atoms with van der Waals surface area (Å²) < 4.78 is 11.3. The van der Waals surface area contributed by atoms with Gasteiger partial charge in [-0.2, -0.15) is 0 Å². The number of rotatable bonds is 2. The summed E-state index contributed by atoms with van der Waals surface area (Å²) >= 11 is 0. The van der Waals surface area contributed by atoms with E-state index < -0.39 is 29.7 Å². The summed E-state index contributed by atoms with van der Waals surface area (Å²) in [5.41, 5.74) is 0.463. The molecule has 174 valence electrons. The first-order valence-corrected chi connectivity index (χ1v) is 11.9. The quantitative estimate of drug-likeness (QED) is 0.511. The summed E-state index contributed by atoms with van der Waals surface area (Å²) in [4.78, 5) is 12.4. The molecule has 0 spiro atoms. The number of esters is 1. The molecule has 0 amide bonds. The van der Waals surface area contributed by atoms with Crippen LogP contribution in [0.5, 0.6) is 0 Å². The van der Waals surface area contributed by atoms with Gasteiger partial charge in [0, 0.05) is 13.0 Å². The van der Waals surface area contributed by atoms with Crippen molar-refractivity contribution in [2.24, 2.45) is 40.9 Å². The van der Waals surface area contributed by atoms with E-state index >= 15 is 0 Å². The van der Waals surface area contributed by atoms with Gasteiger partial charge in [0.05, 0.1) is 6.10 Å². The Bertz CT molecular complexity index is 787. The zero-order chi connectivity index (χ0) is 22.9. The molecule has 5 heteroatoms. The van der Waals surface area contributed by atoms with Gasteiger partial charge >= 0.3 is 5.97 Å². The van der Waals surface area contributed by atoms with Gasteiger partial charge < -0.3 is 19.7 Å². The minimum absolute atomic E-state index is 0.0201. The molecule has 0 aromatic heterocycles. The number of ether oxygens (including phenoxy) is 2. The van der Waals surface area contributed by atoms with Crippen LogP contribution in [0.4, 0.5) is 0 Å². The van der Waals surface area contributed by atoms with Crippen molar-refractivity contribution >= 4 is 5.97 Å². The Hall–Kier alpha value is -1.17. The predicted octanol–water partition coefficient (Wildman–Crippen LogP) is 3.89. The molecule has 3 aliphatic carbocycles. The average molecular weight is 433 g/mol. The molecule has 4 rings (SSSR count). The van der Waals surface area contributed by atoms with E-state index in [1.54, 1.807) is 0 Å². The normalized spacial score (nSPS) is 51.7. The Morgan fingerprint density at radius 2 is 1.94 bits per heavy atom. The lowest BCUT2D eigenvalue weighted by molar-refractivity contribution is -0.209. The molecule has 0 aromatic rings. The molecule has 5 nitrogen and oxygen atoms in total. The van der Waals surface area contributed by atoms with Crippen molar-refractivity contribution in [3.8, 4) is 0 Å². The minimum Gasteiger partial charge on any atom is -0.460 e. The van der Waals surface area contributed by atoms with E-state index in [1.807, 2.05) is 14.0 Å². The van der Waals surface area contributed by atoms with E-state index in [0.717, 1.165) is 19.3 Å². The first kappa shape index (κ1) is 23.0. The van der Waals surface area contributed by atoms with Crippen molar-refractivity contribution in [1.82, 2.24) is 0 Å². The van der Waals surface area contributed by atoms with Crippen LogP contribution in [-0.2, 0) is 14.3 Å². The van der Waals surface area contributed by atoms with Gasteiger partial charge in [0.2, 0.25) is 0 Å². The number of fused-ring (bicyclic) bond motifs is 3. The van der Waals surface area contributed by atoms with Gasteiger partial charge in [0.15, 0.2) is 6.10 Å². The van der Waals surface area contributed by atoms with Crippen LogP contribution in [0.25, 0.3) is 0 Å². The Kier molecular flexibility index (Phi) is 5.72. The van der Waals surface area contributed by atoms with Crippen molar-refractivity contribution in [2.75, 3.05) is 7.11 Å². The SMILES string of the molecule is C=C1C2CC3C(C(C)C)C(OC)CC3(C)CC2/C(C)=C\CC2C(C)OC(=O)C(O)C12O. The summed E-state index contributed by atoms with van der Waals surface area (Å²) in [6.07, 6.45) is 3.92. The summed E-state index contributed by atoms with van der Waals surface area (Å²) in [6.45, 7) is 15.3. The second-order valence-corrected chi connectivity index (χ2v) is 11.4. The van der Waals surface area contributed by atoms with E-state index in [0.29, 0.717) is 29.7 Å². The Morgan fingerprint density at radius 1 is 1.26 bits per heavy atom. The number of aliphatic hydroxyl groups excluding tert-OH is 1. The lowest BCUT2D eigenvalue weighted by Crippen LogP contribution is -2.63. The fourth-order valence-electron chi connectivity index (χ4n) is 7.84. The smallest absolute Gasteiger partial charge is 0.338 e. The molecule has 4 aliphatic rings. The molecule has 0 aromatic carbocycles. The molecule has 10 unspecified atom stereocenters. The topological polar surface area (TPSA) is 76.0 Å².